The Bertz CT molecular complexity index is 1100. The fourth-order valence-electron chi connectivity index (χ4n) is 4.11. The molecule has 2 N–H and O–H groups in total. The van der Waals surface area contributed by atoms with Gasteiger partial charge in [0.2, 0.25) is 0 Å². The molecule has 0 radical (unpaired) electrons. The zero-order valence-electron chi connectivity index (χ0n) is 17.8. The number of likely N-dealkylation sites (tertiary alicyclic amines) is 1. The zero-order valence-corrected chi connectivity index (χ0v) is 19.3. The van der Waals surface area contributed by atoms with Crippen LogP contribution in [-0.2, 0) is 9.53 Å². The van der Waals surface area contributed by atoms with E-state index in [1.165, 1.54) is 11.3 Å². The Balaban J connectivity index is 1.40. The second-order valence-electron chi connectivity index (χ2n) is 8.01. The monoisotopic (exact) mass is 488 g/mol. The number of rotatable bonds is 5. The van der Waals surface area contributed by atoms with E-state index in [0.717, 1.165) is 5.69 Å². The van der Waals surface area contributed by atoms with Gasteiger partial charge in [-0.05, 0) is 36.4 Å². The van der Waals surface area contributed by atoms with Crippen molar-refractivity contribution in [3.05, 3.63) is 45.6 Å². The highest BCUT2D eigenvalue weighted by Gasteiger charge is 2.45. The Morgan fingerprint density at radius 2 is 2.06 bits per heavy atom. The number of nitrogens with one attached hydrogen (secondary N) is 2. The number of nitriles is 1. The molecule has 2 atom stereocenters. The van der Waals surface area contributed by atoms with E-state index in [1.807, 2.05) is 0 Å². The topological polar surface area (TPSA) is 112 Å². The third-order valence-corrected chi connectivity index (χ3v) is 7.06. The number of quaternary nitrogens is 1. The average Bonchev–Trinajstić information content (AvgIpc) is 3.42. The Hall–Kier alpha value is -2.97. The first-order chi connectivity index (χ1) is 15.9. The van der Waals surface area contributed by atoms with Crippen molar-refractivity contribution in [2.45, 2.75) is 12.5 Å². The minimum Gasteiger partial charge on any atom is -0.370 e. The molecule has 2 aliphatic rings. The van der Waals surface area contributed by atoms with E-state index in [2.05, 4.69) is 16.7 Å². The summed E-state index contributed by atoms with van der Waals surface area (Å²) in [4.78, 5) is 39.8. The second-order valence-corrected chi connectivity index (χ2v) is 9.72. The van der Waals surface area contributed by atoms with Crippen molar-refractivity contribution in [2.75, 3.05) is 49.6 Å². The van der Waals surface area contributed by atoms with Crippen LogP contribution in [-0.4, -0.2) is 67.8 Å². The van der Waals surface area contributed by atoms with Crippen molar-refractivity contribution >= 4 is 52.2 Å². The molecule has 172 valence electrons. The molecule has 2 saturated heterocycles. The van der Waals surface area contributed by atoms with Crippen LogP contribution in [0.4, 0.5) is 16.2 Å². The highest BCUT2D eigenvalue weighted by atomic mass is 35.5. The van der Waals surface area contributed by atoms with Crippen molar-refractivity contribution in [3.63, 3.8) is 0 Å². The lowest BCUT2D eigenvalue weighted by Crippen LogP contribution is -2.55. The van der Waals surface area contributed by atoms with Crippen molar-refractivity contribution in [1.82, 2.24) is 5.32 Å². The standard InChI is InChI=1S/C22H22ClN5O4S/c23-19-6-5-18(33-19)21(30)25-16-7-10-28(13-16,11-8-24)22(31)26-15-1-3-17(4-2-15)27-9-12-32-14-20(27)29/h1-6,16H,7,9-14H2,(H-,25,26,30,31)/p+1/t16?,28-/m0/s1. The van der Waals surface area contributed by atoms with Gasteiger partial charge in [-0.3, -0.25) is 14.9 Å². The summed E-state index contributed by atoms with van der Waals surface area (Å²) in [6.07, 6.45) is 0.581. The summed E-state index contributed by atoms with van der Waals surface area (Å²) >= 11 is 7.10. The first kappa shape index (κ1) is 23.2. The second kappa shape index (κ2) is 9.89. The lowest BCUT2D eigenvalue weighted by molar-refractivity contribution is -0.828. The first-order valence-electron chi connectivity index (χ1n) is 10.5. The number of amides is 4. The van der Waals surface area contributed by atoms with Gasteiger partial charge >= 0.3 is 6.03 Å². The largest absolute Gasteiger partial charge is 0.421 e. The number of hydrogen-bond acceptors (Lipinski definition) is 6. The first-order valence-corrected chi connectivity index (χ1v) is 11.7. The highest BCUT2D eigenvalue weighted by molar-refractivity contribution is 7.18. The Morgan fingerprint density at radius 3 is 2.73 bits per heavy atom. The average molecular weight is 489 g/mol. The molecule has 2 aromatic rings. The fourth-order valence-corrected chi connectivity index (χ4v) is 5.06. The Labute approximate surface area is 200 Å². The van der Waals surface area contributed by atoms with Crippen LogP contribution in [0.2, 0.25) is 4.34 Å². The molecule has 0 bridgehead atoms. The van der Waals surface area contributed by atoms with E-state index in [-0.39, 0.29) is 41.5 Å². The molecule has 11 heteroatoms. The molecule has 2 aliphatic heterocycles. The minimum atomic E-state index is -0.303. The number of halogens is 1. The van der Waals surface area contributed by atoms with Crippen LogP contribution < -0.4 is 15.5 Å². The summed E-state index contributed by atoms with van der Waals surface area (Å²) in [5.41, 5.74) is 1.31. The van der Waals surface area contributed by atoms with E-state index >= 15 is 0 Å². The van der Waals surface area contributed by atoms with Gasteiger partial charge in [0.05, 0.1) is 28.4 Å². The summed E-state index contributed by atoms with van der Waals surface area (Å²) in [6.45, 7) is 1.79. The molecular weight excluding hydrogens is 466 g/mol. The van der Waals surface area contributed by atoms with E-state index in [4.69, 9.17) is 16.3 Å². The molecule has 9 nitrogen and oxygen atoms in total. The predicted molar refractivity (Wildman–Crippen MR) is 124 cm³/mol. The number of anilines is 2. The maximum atomic E-state index is 13.2. The fraction of sp³-hybridized carbons (Fsp3) is 0.364. The van der Waals surface area contributed by atoms with Gasteiger partial charge < -0.3 is 15.0 Å². The molecule has 0 saturated carbocycles. The summed E-state index contributed by atoms with van der Waals surface area (Å²) in [5, 5.41) is 15.2. The van der Waals surface area contributed by atoms with E-state index in [9.17, 15) is 19.6 Å². The van der Waals surface area contributed by atoms with Crippen LogP contribution >= 0.6 is 22.9 Å². The minimum absolute atomic E-state index is 0.00337. The van der Waals surface area contributed by atoms with Gasteiger partial charge in [0.1, 0.15) is 19.2 Å². The predicted octanol–water partition coefficient (Wildman–Crippen LogP) is 2.84. The number of ether oxygens (including phenoxy) is 1. The van der Waals surface area contributed by atoms with Gasteiger partial charge in [-0.2, -0.15) is 5.26 Å². The van der Waals surface area contributed by atoms with Crippen molar-refractivity contribution < 1.29 is 23.6 Å². The summed E-state index contributed by atoms with van der Waals surface area (Å²) in [6, 6.07) is 11.9. The van der Waals surface area contributed by atoms with Gasteiger partial charge in [0, 0.05) is 24.3 Å². The van der Waals surface area contributed by atoms with E-state index < -0.39 is 0 Å². The van der Waals surface area contributed by atoms with Crippen LogP contribution in [0.1, 0.15) is 16.1 Å². The summed E-state index contributed by atoms with van der Waals surface area (Å²) in [5.74, 6) is -0.339. The third kappa shape index (κ3) is 5.17. The number of nitrogens with zero attached hydrogens (tertiary/aromatic N) is 3. The Morgan fingerprint density at radius 1 is 1.27 bits per heavy atom. The number of benzene rings is 1. The molecule has 4 rings (SSSR count). The van der Waals surface area contributed by atoms with Crippen molar-refractivity contribution in [3.8, 4) is 6.07 Å². The quantitative estimate of drug-likeness (QED) is 0.496. The molecule has 0 aliphatic carbocycles. The van der Waals surface area contributed by atoms with Crippen LogP contribution in [0.5, 0.6) is 0 Å². The Kier molecular flexibility index (Phi) is 6.95. The number of thiophene rings is 1. The molecule has 1 aromatic heterocycles. The van der Waals surface area contributed by atoms with Crippen LogP contribution in [0.25, 0.3) is 0 Å². The molecular formula is C22H23ClN5O4S+. The van der Waals surface area contributed by atoms with Gasteiger partial charge in [-0.15, -0.1) is 11.3 Å². The number of carbonyl (C=O) groups is 3. The lowest BCUT2D eigenvalue weighted by Gasteiger charge is -2.29. The van der Waals surface area contributed by atoms with Crippen LogP contribution in [0, 0.1) is 11.3 Å². The maximum Gasteiger partial charge on any atom is 0.421 e. The van der Waals surface area contributed by atoms with Crippen LogP contribution in [0.3, 0.4) is 0 Å². The van der Waals surface area contributed by atoms with E-state index in [1.54, 1.807) is 41.3 Å². The molecule has 4 amide bonds. The summed E-state index contributed by atoms with van der Waals surface area (Å²) < 4.78 is 5.60. The van der Waals surface area contributed by atoms with Gasteiger partial charge in [-0.1, -0.05) is 11.6 Å². The van der Waals surface area contributed by atoms with Crippen molar-refractivity contribution in [1.29, 1.82) is 5.26 Å². The zero-order chi connectivity index (χ0) is 23.4. The van der Waals surface area contributed by atoms with Crippen molar-refractivity contribution in [2.24, 2.45) is 0 Å². The van der Waals surface area contributed by atoms with Crippen LogP contribution in [0.15, 0.2) is 36.4 Å². The highest BCUT2D eigenvalue weighted by Crippen LogP contribution is 2.26. The maximum absolute atomic E-state index is 13.2. The normalized spacial score (nSPS) is 22.6. The smallest absolute Gasteiger partial charge is 0.370 e. The van der Waals surface area contributed by atoms with Gasteiger partial charge in [-0.25, -0.2) is 9.28 Å². The molecule has 3 heterocycles. The molecule has 1 aromatic carbocycles. The number of hydrogen-bond donors (Lipinski definition) is 2. The summed E-state index contributed by atoms with van der Waals surface area (Å²) in [7, 11) is 0. The molecule has 0 spiro atoms. The lowest BCUT2D eigenvalue weighted by atomic mass is 10.2. The van der Waals surface area contributed by atoms with Gasteiger partial charge in [0.25, 0.3) is 11.8 Å². The third-order valence-electron chi connectivity index (χ3n) is 5.83. The number of urea groups is 1. The molecule has 1 unspecified atom stereocenters. The SMILES string of the molecule is N#CC[N@@+]1(C(=O)Nc2ccc(N3CCOCC3=O)cc2)CCC(NC(=O)c2ccc(Cl)s2)C1. The number of morpholine rings is 1. The number of carbonyl (C=O) groups excluding carboxylic acids is 3. The van der Waals surface area contributed by atoms with E-state index in [0.29, 0.717) is 47.6 Å². The van der Waals surface area contributed by atoms with Gasteiger partial charge in [0.15, 0.2) is 6.54 Å². The molecule has 33 heavy (non-hydrogen) atoms. The molecule has 2 fully saturated rings.